The molecule has 0 saturated heterocycles. The highest BCUT2D eigenvalue weighted by molar-refractivity contribution is 5.85. The van der Waals surface area contributed by atoms with E-state index in [4.69, 9.17) is 5.11 Å². The van der Waals surface area contributed by atoms with E-state index in [1.165, 1.54) is 51.4 Å². The molecule has 2 rings (SSSR count). The van der Waals surface area contributed by atoms with Gasteiger partial charge < -0.3 is 5.11 Å². The summed E-state index contributed by atoms with van der Waals surface area (Å²) in [6.07, 6.45) is 12.6. The molecule has 112 valence electrons. The summed E-state index contributed by atoms with van der Waals surface area (Å²) in [7, 11) is 0. The van der Waals surface area contributed by atoms with Crippen LogP contribution >= 0.6 is 12.4 Å². The third-order valence-corrected chi connectivity index (χ3v) is 5.38. The lowest BCUT2D eigenvalue weighted by Crippen LogP contribution is -2.28. The summed E-state index contributed by atoms with van der Waals surface area (Å²) in [6.45, 7) is 2.29. The fourth-order valence-electron chi connectivity index (χ4n) is 4.19. The zero-order valence-electron chi connectivity index (χ0n) is 12.1. The van der Waals surface area contributed by atoms with Crippen LogP contribution in [0.2, 0.25) is 0 Å². The number of halogens is 1. The largest absolute Gasteiger partial charge is 0.481 e. The number of carboxylic acid groups (broad SMARTS) is 1. The lowest BCUT2D eigenvalue weighted by molar-refractivity contribution is -0.143. The van der Waals surface area contributed by atoms with Crippen molar-refractivity contribution in [3.05, 3.63) is 0 Å². The van der Waals surface area contributed by atoms with Gasteiger partial charge in [0.05, 0.1) is 5.92 Å². The van der Waals surface area contributed by atoms with Gasteiger partial charge in [-0.05, 0) is 56.3 Å². The normalized spacial score (nSPS) is 35.4. The van der Waals surface area contributed by atoms with Crippen molar-refractivity contribution in [2.24, 2.45) is 23.7 Å². The fourth-order valence-corrected chi connectivity index (χ4v) is 4.19. The van der Waals surface area contributed by atoms with Crippen LogP contribution in [-0.4, -0.2) is 11.1 Å². The van der Waals surface area contributed by atoms with Crippen LogP contribution in [0.5, 0.6) is 0 Å². The second-order valence-corrected chi connectivity index (χ2v) is 6.52. The lowest BCUT2D eigenvalue weighted by Gasteiger charge is -2.37. The van der Waals surface area contributed by atoms with Gasteiger partial charge in [0.25, 0.3) is 0 Å². The van der Waals surface area contributed by atoms with E-state index in [0.29, 0.717) is 0 Å². The molecule has 0 bridgehead atoms. The minimum atomic E-state index is -0.569. The van der Waals surface area contributed by atoms with Crippen molar-refractivity contribution >= 4 is 18.4 Å². The summed E-state index contributed by atoms with van der Waals surface area (Å²) in [5, 5.41) is 9.03. The summed E-state index contributed by atoms with van der Waals surface area (Å²) in [5.74, 6) is 2.12. The zero-order valence-corrected chi connectivity index (χ0v) is 13.0. The molecule has 3 heteroatoms. The Morgan fingerprint density at radius 1 is 0.947 bits per heavy atom. The molecule has 0 aliphatic heterocycles. The maximum absolute atomic E-state index is 11.0. The van der Waals surface area contributed by atoms with Crippen LogP contribution in [-0.2, 0) is 4.79 Å². The van der Waals surface area contributed by atoms with Gasteiger partial charge in [0.15, 0.2) is 0 Å². The smallest absolute Gasteiger partial charge is 0.306 e. The number of aliphatic carboxylic acids is 1. The molecule has 0 amide bonds. The van der Waals surface area contributed by atoms with Crippen LogP contribution in [0, 0.1) is 23.7 Å². The Kier molecular flexibility index (Phi) is 7.20. The van der Waals surface area contributed by atoms with E-state index in [1.54, 1.807) is 0 Å². The summed E-state index contributed by atoms with van der Waals surface area (Å²) < 4.78 is 0. The third kappa shape index (κ3) is 4.66. The number of hydrogen-bond donors (Lipinski definition) is 1. The molecule has 2 saturated carbocycles. The maximum atomic E-state index is 11.0. The minimum Gasteiger partial charge on any atom is -0.481 e. The number of hydrogen-bond acceptors (Lipinski definition) is 1. The van der Waals surface area contributed by atoms with Crippen molar-refractivity contribution in [1.82, 2.24) is 0 Å². The van der Waals surface area contributed by atoms with Crippen LogP contribution in [0.4, 0.5) is 0 Å². The van der Waals surface area contributed by atoms with E-state index in [9.17, 15) is 4.79 Å². The van der Waals surface area contributed by atoms with Crippen molar-refractivity contribution in [1.29, 1.82) is 0 Å². The molecule has 0 aromatic rings. The molecule has 2 aliphatic rings. The first-order chi connectivity index (χ1) is 8.70. The van der Waals surface area contributed by atoms with E-state index in [1.807, 2.05) is 0 Å². The molecule has 0 aromatic heterocycles. The van der Waals surface area contributed by atoms with Gasteiger partial charge in [-0.15, -0.1) is 12.4 Å². The van der Waals surface area contributed by atoms with Gasteiger partial charge >= 0.3 is 5.97 Å². The van der Waals surface area contributed by atoms with Crippen molar-refractivity contribution in [2.75, 3.05) is 0 Å². The number of carbonyl (C=O) groups is 1. The minimum absolute atomic E-state index is 0. The maximum Gasteiger partial charge on any atom is 0.306 e. The Morgan fingerprint density at radius 3 is 1.84 bits per heavy atom. The second-order valence-electron chi connectivity index (χ2n) is 6.52. The lowest BCUT2D eigenvalue weighted by atomic mass is 9.69. The first-order valence-corrected chi connectivity index (χ1v) is 7.93. The van der Waals surface area contributed by atoms with Gasteiger partial charge in [-0.1, -0.05) is 32.6 Å². The number of rotatable bonds is 4. The molecule has 2 nitrogen and oxygen atoms in total. The monoisotopic (exact) mass is 288 g/mol. The fraction of sp³-hybridized carbons (Fsp3) is 0.938. The van der Waals surface area contributed by atoms with E-state index < -0.39 is 5.97 Å². The summed E-state index contributed by atoms with van der Waals surface area (Å²) in [5.41, 5.74) is 0. The molecule has 2 fully saturated rings. The Hall–Kier alpha value is -0.240. The molecule has 0 heterocycles. The van der Waals surface area contributed by atoms with E-state index in [2.05, 4.69) is 6.92 Å². The third-order valence-electron chi connectivity index (χ3n) is 5.38. The van der Waals surface area contributed by atoms with Gasteiger partial charge in [-0.25, -0.2) is 0 Å². The highest BCUT2D eigenvalue weighted by Crippen LogP contribution is 2.42. The SMILES string of the molecule is CCCC1CCC([C@H]2CC[C@H](C(=O)O)CC2)CC1.Cl. The van der Waals surface area contributed by atoms with Gasteiger partial charge in [-0.3, -0.25) is 4.79 Å². The molecule has 19 heavy (non-hydrogen) atoms. The van der Waals surface area contributed by atoms with Crippen LogP contribution in [0.15, 0.2) is 0 Å². The van der Waals surface area contributed by atoms with Crippen LogP contribution < -0.4 is 0 Å². The van der Waals surface area contributed by atoms with E-state index in [-0.39, 0.29) is 18.3 Å². The molecule has 0 aromatic carbocycles. The van der Waals surface area contributed by atoms with Crippen molar-refractivity contribution < 1.29 is 9.90 Å². The Balaban J connectivity index is 0.00000180. The molecule has 0 atom stereocenters. The average Bonchev–Trinajstić information content (AvgIpc) is 2.40. The zero-order chi connectivity index (χ0) is 13.0. The summed E-state index contributed by atoms with van der Waals surface area (Å²) in [4.78, 5) is 11.0. The highest BCUT2D eigenvalue weighted by atomic mass is 35.5. The quantitative estimate of drug-likeness (QED) is 0.798. The Morgan fingerprint density at radius 2 is 1.42 bits per heavy atom. The predicted molar refractivity (Wildman–Crippen MR) is 80.7 cm³/mol. The highest BCUT2D eigenvalue weighted by Gasteiger charge is 2.32. The Bertz CT molecular complexity index is 264. The van der Waals surface area contributed by atoms with E-state index >= 15 is 0 Å². The molecule has 1 N–H and O–H groups in total. The van der Waals surface area contributed by atoms with Crippen molar-refractivity contribution in [3.8, 4) is 0 Å². The van der Waals surface area contributed by atoms with E-state index in [0.717, 1.165) is 30.6 Å². The van der Waals surface area contributed by atoms with Gasteiger partial charge in [0, 0.05) is 0 Å². The number of carboxylic acids is 1. The molecule has 0 spiro atoms. The molecule has 0 radical (unpaired) electrons. The average molecular weight is 289 g/mol. The predicted octanol–water partition coefficient (Wildman–Crippen LogP) is 4.91. The molecule has 2 aliphatic carbocycles. The second kappa shape index (κ2) is 8.14. The molecule has 0 unspecified atom stereocenters. The first kappa shape index (κ1) is 16.8. The van der Waals surface area contributed by atoms with Crippen molar-refractivity contribution in [3.63, 3.8) is 0 Å². The van der Waals surface area contributed by atoms with Crippen LogP contribution in [0.25, 0.3) is 0 Å². The van der Waals surface area contributed by atoms with Crippen molar-refractivity contribution in [2.45, 2.75) is 71.1 Å². The summed E-state index contributed by atoms with van der Waals surface area (Å²) in [6, 6.07) is 0. The van der Waals surface area contributed by atoms with Gasteiger partial charge in [0.1, 0.15) is 0 Å². The van der Waals surface area contributed by atoms with Crippen LogP contribution in [0.1, 0.15) is 71.1 Å². The van der Waals surface area contributed by atoms with Gasteiger partial charge in [0.2, 0.25) is 0 Å². The molecular formula is C16H29ClO2. The first-order valence-electron chi connectivity index (χ1n) is 7.93. The topological polar surface area (TPSA) is 37.3 Å². The standard InChI is InChI=1S/C16H28O2.ClH/c1-2-3-12-4-6-13(7-5-12)14-8-10-15(11-9-14)16(17)18;/h12-15H,2-11H2,1H3,(H,17,18);1H/t12?,13?,14-,15-;. The van der Waals surface area contributed by atoms with Crippen LogP contribution in [0.3, 0.4) is 0 Å². The summed E-state index contributed by atoms with van der Waals surface area (Å²) >= 11 is 0. The van der Waals surface area contributed by atoms with Gasteiger partial charge in [-0.2, -0.15) is 0 Å². The molecular weight excluding hydrogens is 260 g/mol. The Labute approximate surface area is 123 Å².